The van der Waals surface area contributed by atoms with Crippen molar-refractivity contribution in [3.05, 3.63) is 47.4 Å². The number of aliphatic imine (C=N–C) groups is 1. The Morgan fingerprint density at radius 1 is 1.29 bits per heavy atom. The van der Waals surface area contributed by atoms with Gasteiger partial charge in [0, 0.05) is 18.5 Å². The third-order valence-electron chi connectivity index (χ3n) is 5.09. The average Bonchev–Trinajstić information content (AvgIpc) is 2.66. The largest absolute Gasteiger partial charge is 0.478 e. The Balaban J connectivity index is 2.12. The first-order valence-corrected chi connectivity index (χ1v) is 10.2. The lowest BCUT2D eigenvalue weighted by Crippen LogP contribution is -2.32. The van der Waals surface area contributed by atoms with Gasteiger partial charge in [-0.15, -0.1) is 0 Å². The topological polar surface area (TPSA) is 74.5 Å². The maximum absolute atomic E-state index is 10.6. The summed E-state index contributed by atoms with van der Waals surface area (Å²) >= 11 is 0. The molecule has 1 aliphatic heterocycles. The van der Waals surface area contributed by atoms with Crippen LogP contribution >= 0.6 is 0 Å². The molecule has 1 aromatic rings. The molecule has 2 rings (SSSR count). The summed E-state index contributed by atoms with van der Waals surface area (Å²) in [5, 5.41) is 11.8. The van der Waals surface area contributed by atoms with Crippen LogP contribution in [0.25, 0.3) is 0 Å². The van der Waals surface area contributed by atoms with Gasteiger partial charge in [-0.1, -0.05) is 32.9 Å². The summed E-state index contributed by atoms with van der Waals surface area (Å²) in [6.45, 7) is 7.94. The third-order valence-corrected chi connectivity index (χ3v) is 5.09. The van der Waals surface area contributed by atoms with Crippen LogP contribution in [0.15, 0.2) is 41.2 Å². The standard InChI is InChI=1S/C23H31N3O2/c1-4-12-28-22-14-21(26-22)23(17(2)3)20(6-5-11-25-16-27)13-18-7-9-19(15-24)10-8-18/h7-10,14,16-17,20,23H,4-6,11-13H2,1-3H3,(H,25,27). The van der Waals surface area contributed by atoms with Crippen molar-refractivity contribution < 1.29 is 9.53 Å². The smallest absolute Gasteiger partial charge is 0.215 e. The molecule has 1 aliphatic rings. The van der Waals surface area contributed by atoms with Crippen LogP contribution in [-0.2, 0) is 16.0 Å². The number of carbonyl (C=O) groups is 1. The predicted octanol–water partition coefficient (Wildman–Crippen LogP) is 4.24. The molecule has 2 atom stereocenters. The molecule has 5 nitrogen and oxygen atoms in total. The minimum absolute atomic E-state index is 0.334. The van der Waals surface area contributed by atoms with E-state index in [4.69, 9.17) is 10.00 Å². The van der Waals surface area contributed by atoms with E-state index in [0.29, 0.717) is 36.5 Å². The minimum Gasteiger partial charge on any atom is -0.478 e. The van der Waals surface area contributed by atoms with Crippen molar-refractivity contribution in [3.63, 3.8) is 0 Å². The number of hydrogen-bond acceptors (Lipinski definition) is 4. The van der Waals surface area contributed by atoms with Crippen molar-refractivity contribution in [2.75, 3.05) is 13.2 Å². The molecule has 2 unspecified atom stereocenters. The van der Waals surface area contributed by atoms with Crippen LogP contribution < -0.4 is 5.32 Å². The molecule has 0 saturated carbocycles. The predicted molar refractivity (Wildman–Crippen MR) is 112 cm³/mol. The number of hydrogen-bond donors (Lipinski definition) is 1. The molecule has 0 aromatic heterocycles. The van der Waals surface area contributed by atoms with E-state index < -0.39 is 0 Å². The summed E-state index contributed by atoms with van der Waals surface area (Å²) in [4.78, 5) is 15.2. The average molecular weight is 382 g/mol. The molecule has 150 valence electrons. The fraction of sp³-hybridized carbons (Fsp3) is 0.522. The zero-order valence-electron chi connectivity index (χ0n) is 17.1. The van der Waals surface area contributed by atoms with E-state index >= 15 is 0 Å². The van der Waals surface area contributed by atoms with Crippen LogP contribution in [0, 0.1) is 29.1 Å². The maximum atomic E-state index is 10.6. The number of ether oxygens (including phenoxy) is 1. The van der Waals surface area contributed by atoms with Crippen LogP contribution in [-0.4, -0.2) is 25.3 Å². The van der Waals surface area contributed by atoms with Gasteiger partial charge in [0.05, 0.1) is 24.0 Å². The van der Waals surface area contributed by atoms with Gasteiger partial charge in [0.2, 0.25) is 12.3 Å². The second-order valence-corrected chi connectivity index (χ2v) is 7.62. The maximum Gasteiger partial charge on any atom is 0.215 e. The Hall–Kier alpha value is -2.61. The van der Waals surface area contributed by atoms with Gasteiger partial charge in [-0.25, -0.2) is 4.99 Å². The van der Waals surface area contributed by atoms with Gasteiger partial charge in [-0.2, -0.15) is 5.26 Å². The highest BCUT2D eigenvalue weighted by atomic mass is 16.5. The van der Waals surface area contributed by atoms with Crippen molar-refractivity contribution in [3.8, 4) is 6.07 Å². The van der Waals surface area contributed by atoms with Crippen molar-refractivity contribution in [1.82, 2.24) is 5.32 Å². The third kappa shape index (κ3) is 6.23. The Bertz CT molecular complexity index is 729. The van der Waals surface area contributed by atoms with Gasteiger partial charge in [-0.3, -0.25) is 4.79 Å². The Morgan fingerprint density at radius 2 is 2.00 bits per heavy atom. The lowest BCUT2D eigenvalue weighted by Gasteiger charge is -2.33. The first-order valence-electron chi connectivity index (χ1n) is 10.2. The molecule has 0 saturated heterocycles. The number of nitrogens with one attached hydrogen (secondary N) is 1. The molecule has 0 aliphatic carbocycles. The van der Waals surface area contributed by atoms with Crippen LogP contribution in [0.3, 0.4) is 0 Å². The second kappa shape index (κ2) is 11.3. The molecular formula is C23H31N3O2. The lowest BCUT2D eigenvalue weighted by molar-refractivity contribution is -0.109. The Labute approximate surface area is 168 Å². The van der Waals surface area contributed by atoms with E-state index in [2.05, 4.69) is 43.2 Å². The van der Waals surface area contributed by atoms with Crippen LogP contribution in [0.1, 0.15) is 51.2 Å². The highest BCUT2D eigenvalue weighted by Crippen LogP contribution is 2.33. The minimum atomic E-state index is 0.334. The van der Waals surface area contributed by atoms with Gasteiger partial charge >= 0.3 is 0 Å². The number of rotatable bonds is 13. The zero-order chi connectivity index (χ0) is 20.4. The number of nitriles is 1. The highest BCUT2D eigenvalue weighted by molar-refractivity contribution is 6.02. The molecule has 0 spiro atoms. The fourth-order valence-electron chi connectivity index (χ4n) is 3.78. The Kier molecular flexibility index (Phi) is 8.74. The van der Waals surface area contributed by atoms with Gasteiger partial charge in [0.15, 0.2) is 0 Å². The van der Waals surface area contributed by atoms with E-state index in [1.54, 1.807) is 0 Å². The highest BCUT2D eigenvalue weighted by Gasteiger charge is 2.31. The van der Waals surface area contributed by atoms with Crippen LogP contribution in [0.4, 0.5) is 0 Å². The molecule has 0 fully saturated rings. The van der Waals surface area contributed by atoms with Crippen molar-refractivity contribution in [1.29, 1.82) is 5.26 Å². The van der Waals surface area contributed by atoms with Gasteiger partial charge in [0.1, 0.15) is 0 Å². The van der Waals surface area contributed by atoms with E-state index in [1.807, 2.05) is 24.3 Å². The molecule has 5 heteroatoms. The van der Waals surface area contributed by atoms with E-state index in [-0.39, 0.29) is 0 Å². The monoisotopic (exact) mass is 381 g/mol. The van der Waals surface area contributed by atoms with Crippen LogP contribution in [0.2, 0.25) is 0 Å². The molecule has 1 heterocycles. The van der Waals surface area contributed by atoms with Crippen LogP contribution in [0.5, 0.6) is 0 Å². The molecule has 1 amide bonds. The summed E-state index contributed by atoms with van der Waals surface area (Å²) in [5.74, 6) is 1.93. The first-order chi connectivity index (χ1) is 13.6. The summed E-state index contributed by atoms with van der Waals surface area (Å²) < 4.78 is 5.62. The van der Waals surface area contributed by atoms with Crippen molar-refractivity contribution in [2.45, 2.75) is 46.5 Å². The van der Waals surface area contributed by atoms with Crippen molar-refractivity contribution >= 4 is 12.1 Å². The van der Waals surface area contributed by atoms with Gasteiger partial charge in [0.25, 0.3) is 0 Å². The van der Waals surface area contributed by atoms with Gasteiger partial charge in [-0.05, 0) is 55.2 Å². The SMILES string of the molecule is CCCOC1=CC(C(C(C)C)C(CCCNC=O)Cc2ccc(C#N)cc2)=N1. The number of carbonyl (C=O) groups excluding carboxylic acids is 1. The zero-order valence-corrected chi connectivity index (χ0v) is 17.1. The molecule has 1 aromatic carbocycles. The lowest BCUT2D eigenvalue weighted by atomic mass is 9.74. The van der Waals surface area contributed by atoms with E-state index in [9.17, 15) is 4.79 Å². The number of amides is 1. The normalized spacial score (nSPS) is 15.0. The van der Waals surface area contributed by atoms with E-state index in [0.717, 1.165) is 43.7 Å². The quantitative estimate of drug-likeness (QED) is 0.410. The summed E-state index contributed by atoms with van der Waals surface area (Å²) in [7, 11) is 0. The summed E-state index contributed by atoms with van der Waals surface area (Å²) in [5.41, 5.74) is 3.02. The van der Waals surface area contributed by atoms with Crippen molar-refractivity contribution in [2.24, 2.45) is 22.7 Å². The first kappa shape index (κ1) is 21.7. The molecule has 0 bridgehead atoms. The summed E-state index contributed by atoms with van der Waals surface area (Å²) in [6.07, 6.45) is 6.66. The second-order valence-electron chi connectivity index (χ2n) is 7.62. The molecule has 0 radical (unpaired) electrons. The van der Waals surface area contributed by atoms with E-state index in [1.165, 1.54) is 5.56 Å². The Morgan fingerprint density at radius 3 is 2.57 bits per heavy atom. The fourth-order valence-corrected chi connectivity index (χ4v) is 3.78. The number of benzene rings is 1. The summed E-state index contributed by atoms with van der Waals surface area (Å²) in [6, 6.07) is 10.0. The number of allylic oxidation sites excluding steroid dienone is 1. The van der Waals surface area contributed by atoms with Gasteiger partial charge < -0.3 is 10.1 Å². The molecule has 1 N–H and O–H groups in total. The molecule has 28 heavy (non-hydrogen) atoms. The molecular weight excluding hydrogens is 350 g/mol. The number of nitrogens with zero attached hydrogens (tertiary/aromatic N) is 2.